The molecule has 0 atom stereocenters. The summed E-state index contributed by atoms with van der Waals surface area (Å²) >= 11 is 0. The molecule has 0 aliphatic heterocycles. The molecule has 0 aliphatic rings. The van der Waals surface area contributed by atoms with Crippen molar-refractivity contribution in [1.82, 2.24) is 0 Å². The zero-order chi connectivity index (χ0) is 13.4. The number of nitrogens with one attached hydrogen (secondary N) is 1. The molecule has 0 spiro atoms. The van der Waals surface area contributed by atoms with Crippen molar-refractivity contribution in [2.24, 2.45) is 5.73 Å². The van der Waals surface area contributed by atoms with Gasteiger partial charge in [-0.15, -0.1) is 0 Å². The lowest BCUT2D eigenvalue weighted by atomic mass is 10.2. The number of rotatable bonds is 8. The highest BCUT2D eigenvalue weighted by molar-refractivity contribution is 5.62. The van der Waals surface area contributed by atoms with Gasteiger partial charge < -0.3 is 25.3 Å². The minimum absolute atomic E-state index is 0.604. The van der Waals surface area contributed by atoms with E-state index in [1.807, 2.05) is 12.1 Å². The number of hydrogen-bond donors (Lipinski definition) is 2. The summed E-state index contributed by atoms with van der Waals surface area (Å²) in [6, 6.07) is 3.79. The maximum absolute atomic E-state index is 5.45. The fourth-order valence-corrected chi connectivity index (χ4v) is 1.69. The van der Waals surface area contributed by atoms with Crippen LogP contribution in [0.1, 0.15) is 12.8 Å². The van der Waals surface area contributed by atoms with Gasteiger partial charge in [0.15, 0.2) is 11.5 Å². The van der Waals surface area contributed by atoms with E-state index in [0.717, 1.165) is 31.6 Å². The van der Waals surface area contributed by atoms with Gasteiger partial charge in [-0.25, -0.2) is 0 Å². The number of hydrogen-bond acceptors (Lipinski definition) is 5. The molecule has 1 rings (SSSR count). The fourth-order valence-electron chi connectivity index (χ4n) is 1.69. The third-order valence-corrected chi connectivity index (χ3v) is 2.62. The van der Waals surface area contributed by atoms with Gasteiger partial charge in [0.25, 0.3) is 0 Å². The summed E-state index contributed by atoms with van der Waals surface area (Å²) in [5, 5.41) is 3.31. The van der Waals surface area contributed by atoms with E-state index in [1.165, 1.54) is 0 Å². The minimum Gasteiger partial charge on any atom is -0.493 e. The van der Waals surface area contributed by atoms with Crippen LogP contribution in [0.2, 0.25) is 0 Å². The number of nitrogens with two attached hydrogens (primary N) is 1. The maximum atomic E-state index is 5.45. The standard InChI is InChI=1S/C13H22N2O3/c1-16-11-8-10(15-7-5-4-6-14)9-12(17-2)13(11)18-3/h8-9,15H,4-7,14H2,1-3H3. The molecule has 0 radical (unpaired) electrons. The Labute approximate surface area is 108 Å². The van der Waals surface area contributed by atoms with Gasteiger partial charge in [-0.2, -0.15) is 0 Å². The SMILES string of the molecule is COc1cc(NCCCCN)cc(OC)c1OC. The summed E-state index contributed by atoms with van der Waals surface area (Å²) < 4.78 is 15.8. The summed E-state index contributed by atoms with van der Waals surface area (Å²) in [6.07, 6.45) is 2.05. The van der Waals surface area contributed by atoms with Gasteiger partial charge in [0.1, 0.15) is 0 Å². The van der Waals surface area contributed by atoms with Crippen molar-refractivity contribution < 1.29 is 14.2 Å². The molecular weight excluding hydrogens is 232 g/mol. The number of anilines is 1. The van der Waals surface area contributed by atoms with Crippen molar-refractivity contribution in [3.63, 3.8) is 0 Å². The van der Waals surface area contributed by atoms with E-state index in [1.54, 1.807) is 21.3 Å². The largest absolute Gasteiger partial charge is 0.493 e. The van der Waals surface area contributed by atoms with Crippen molar-refractivity contribution in [3.8, 4) is 17.2 Å². The van der Waals surface area contributed by atoms with Crippen LogP contribution in [0.15, 0.2) is 12.1 Å². The van der Waals surface area contributed by atoms with Crippen LogP contribution < -0.4 is 25.3 Å². The van der Waals surface area contributed by atoms with Crippen LogP contribution in [0, 0.1) is 0 Å². The monoisotopic (exact) mass is 254 g/mol. The number of benzene rings is 1. The average molecular weight is 254 g/mol. The van der Waals surface area contributed by atoms with Gasteiger partial charge in [0, 0.05) is 24.4 Å². The second-order valence-corrected chi connectivity index (χ2v) is 3.84. The first-order valence-corrected chi connectivity index (χ1v) is 6.00. The molecule has 0 saturated heterocycles. The maximum Gasteiger partial charge on any atom is 0.203 e. The Morgan fingerprint density at radius 1 is 1.00 bits per heavy atom. The Hall–Kier alpha value is -1.62. The molecule has 1 aromatic carbocycles. The van der Waals surface area contributed by atoms with E-state index in [2.05, 4.69) is 5.32 Å². The van der Waals surface area contributed by atoms with Crippen molar-refractivity contribution >= 4 is 5.69 Å². The summed E-state index contributed by atoms with van der Waals surface area (Å²) in [5.41, 5.74) is 6.40. The van der Waals surface area contributed by atoms with Crippen LogP contribution in [0.4, 0.5) is 5.69 Å². The molecule has 0 heterocycles. The second kappa shape index (κ2) is 7.66. The smallest absolute Gasteiger partial charge is 0.203 e. The van der Waals surface area contributed by atoms with E-state index in [0.29, 0.717) is 17.2 Å². The Morgan fingerprint density at radius 2 is 1.61 bits per heavy atom. The third kappa shape index (κ3) is 3.70. The Bertz CT molecular complexity index is 344. The first-order chi connectivity index (χ1) is 8.76. The Morgan fingerprint density at radius 3 is 2.06 bits per heavy atom. The highest BCUT2D eigenvalue weighted by Gasteiger charge is 2.12. The van der Waals surface area contributed by atoms with Crippen LogP contribution in [0.5, 0.6) is 17.2 Å². The lowest BCUT2D eigenvalue weighted by Crippen LogP contribution is -2.06. The summed E-state index contributed by atoms with van der Waals surface area (Å²) in [4.78, 5) is 0. The van der Waals surface area contributed by atoms with E-state index in [9.17, 15) is 0 Å². The molecule has 0 amide bonds. The molecule has 0 bridgehead atoms. The summed E-state index contributed by atoms with van der Waals surface area (Å²) in [5.74, 6) is 1.91. The normalized spacial score (nSPS) is 10.0. The number of methoxy groups -OCH3 is 3. The molecular formula is C13H22N2O3. The molecule has 0 unspecified atom stereocenters. The number of unbranched alkanes of at least 4 members (excludes halogenated alkanes) is 1. The van der Waals surface area contributed by atoms with Crippen molar-refractivity contribution in [3.05, 3.63) is 12.1 Å². The first kappa shape index (κ1) is 14.4. The highest BCUT2D eigenvalue weighted by atomic mass is 16.5. The van der Waals surface area contributed by atoms with Gasteiger partial charge in [0.05, 0.1) is 21.3 Å². The van der Waals surface area contributed by atoms with Gasteiger partial charge in [-0.05, 0) is 19.4 Å². The predicted molar refractivity (Wildman–Crippen MR) is 72.9 cm³/mol. The van der Waals surface area contributed by atoms with Gasteiger partial charge in [-0.3, -0.25) is 0 Å². The van der Waals surface area contributed by atoms with Gasteiger partial charge in [-0.1, -0.05) is 0 Å². The molecule has 3 N–H and O–H groups in total. The van der Waals surface area contributed by atoms with E-state index < -0.39 is 0 Å². The van der Waals surface area contributed by atoms with Crippen molar-refractivity contribution in [1.29, 1.82) is 0 Å². The van der Waals surface area contributed by atoms with Crippen LogP contribution in [0.25, 0.3) is 0 Å². The average Bonchev–Trinajstić information content (AvgIpc) is 2.42. The molecule has 0 fully saturated rings. The molecule has 0 aromatic heterocycles. The highest BCUT2D eigenvalue weighted by Crippen LogP contribution is 2.39. The van der Waals surface area contributed by atoms with E-state index in [-0.39, 0.29) is 0 Å². The summed E-state index contributed by atoms with van der Waals surface area (Å²) in [7, 11) is 4.81. The Balaban J connectivity index is 2.80. The topological polar surface area (TPSA) is 65.7 Å². The quantitative estimate of drug-likeness (QED) is 0.693. The van der Waals surface area contributed by atoms with Crippen LogP contribution in [-0.4, -0.2) is 34.4 Å². The molecule has 102 valence electrons. The van der Waals surface area contributed by atoms with Crippen LogP contribution in [0.3, 0.4) is 0 Å². The fraction of sp³-hybridized carbons (Fsp3) is 0.538. The lowest BCUT2D eigenvalue weighted by Gasteiger charge is -2.15. The van der Waals surface area contributed by atoms with E-state index in [4.69, 9.17) is 19.9 Å². The van der Waals surface area contributed by atoms with Crippen LogP contribution in [-0.2, 0) is 0 Å². The van der Waals surface area contributed by atoms with Crippen LogP contribution >= 0.6 is 0 Å². The zero-order valence-electron chi connectivity index (χ0n) is 11.3. The second-order valence-electron chi connectivity index (χ2n) is 3.84. The third-order valence-electron chi connectivity index (χ3n) is 2.62. The molecule has 5 heteroatoms. The molecule has 1 aromatic rings. The van der Waals surface area contributed by atoms with Gasteiger partial charge in [0.2, 0.25) is 5.75 Å². The van der Waals surface area contributed by atoms with Gasteiger partial charge >= 0.3 is 0 Å². The molecule has 18 heavy (non-hydrogen) atoms. The lowest BCUT2D eigenvalue weighted by molar-refractivity contribution is 0.324. The minimum atomic E-state index is 0.604. The summed E-state index contributed by atoms with van der Waals surface area (Å²) in [6.45, 7) is 1.59. The molecule has 0 aliphatic carbocycles. The Kier molecular flexibility index (Phi) is 6.14. The van der Waals surface area contributed by atoms with E-state index >= 15 is 0 Å². The molecule has 0 saturated carbocycles. The number of ether oxygens (including phenoxy) is 3. The van der Waals surface area contributed by atoms with Crippen molar-refractivity contribution in [2.45, 2.75) is 12.8 Å². The van der Waals surface area contributed by atoms with Crippen molar-refractivity contribution in [2.75, 3.05) is 39.7 Å². The predicted octanol–water partition coefficient (Wildman–Crippen LogP) is 1.86. The zero-order valence-corrected chi connectivity index (χ0v) is 11.3. The molecule has 5 nitrogen and oxygen atoms in total. The first-order valence-electron chi connectivity index (χ1n) is 6.00.